The van der Waals surface area contributed by atoms with Gasteiger partial charge in [0.15, 0.2) is 0 Å². The Morgan fingerprint density at radius 2 is 1.36 bits per heavy atom. The minimum atomic E-state index is 0.724. The van der Waals surface area contributed by atoms with Crippen LogP contribution >= 0.6 is 0 Å². The molecular weight excluding hydrogens is 402 g/mol. The summed E-state index contributed by atoms with van der Waals surface area (Å²) >= 11 is 0. The first kappa shape index (κ1) is 22.8. The third-order valence-electron chi connectivity index (χ3n) is 5.91. The molecule has 0 N–H and O–H groups in total. The summed E-state index contributed by atoms with van der Waals surface area (Å²) in [6, 6.07) is 29.1. The number of pyridine rings is 1. The Kier molecular flexibility index (Phi) is 8.30. The lowest BCUT2D eigenvalue weighted by Gasteiger charge is -2.17. The van der Waals surface area contributed by atoms with Gasteiger partial charge < -0.3 is 4.74 Å². The first-order valence-electron chi connectivity index (χ1n) is 12.2. The smallest absolute Gasteiger partial charge is 0.138 e. The van der Waals surface area contributed by atoms with Gasteiger partial charge in [-0.15, -0.1) is 0 Å². The normalized spacial score (nSPS) is 11.3. The Morgan fingerprint density at radius 3 is 2.15 bits per heavy atom. The summed E-state index contributed by atoms with van der Waals surface area (Å²) < 4.78 is 6.53. The third kappa shape index (κ3) is 6.10. The molecule has 0 atom stereocenters. The molecule has 0 bridgehead atoms. The third-order valence-corrected chi connectivity index (χ3v) is 5.91. The van der Waals surface area contributed by atoms with Gasteiger partial charge in [-0.25, -0.2) is 4.98 Å². The van der Waals surface area contributed by atoms with Gasteiger partial charge in [-0.3, -0.25) is 0 Å². The average Bonchev–Trinajstić information content (AvgIpc) is 2.87. The molecule has 3 aromatic carbocycles. The van der Waals surface area contributed by atoms with Crippen LogP contribution < -0.4 is 4.74 Å². The van der Waals surface area contributed by atoms with E-state index < -0.39 is 0 Å². The molecule has 1 heterocycles. The monoisotopic (exact) mass is 435 g/mol. The molecule has 0 aliphatic carbocycles. The number of fused-ring (bicyclic) bond motifs is 1. The van der Waals surface area contributed by atoms with Gasteiger partial charge in [0, 0.05) is 5.39 Å². The van der Waals surface area contributed by atoms with Crippen LogP contribution in [-0.4, -0.2) is 11.6 Å². The molecule has 33 heavy (non-hydrogen) atoms. The number of hydrogen-bond donors (Lipinski definition) is 0. The SMILES string of the molecule is CCCCCCCCOc1c(-c2ccccc2)c(C=Cc2ccccc2)nc2ccccc12. The Bertz CT molecular complexity index is 1170. The second-order valence-electron chi connectivity index (χ2n) is 8.44. The predicted molar refractivity (Wildman–Crippen MR) is 141 cm³/mol. The van der Waals surface area contributed by atoms with Crippen molar-refractivity contribution in [1.82, 2.24) is 4.98 Å². The van der Waals surface area contributed by atoms with Gasteiger partial charge in [0.2, 0.25) is 0 Å². The van der Waals surface area contributed by atoms with Gasteiger partial charge in [-0.1, -0.05) is 118 Å². The fourth-order valence-electron chi connectivity index (χ4n) is 4.15. The summed E-state index contributed by atoms with van der Waals surface area (Å²) in [7, 11) is 0. The van der Waals surface area contributed by atoms with Crippen LogP contribution in [0.5, 0.6) is 5.75 Å². The highest BCUT2D eigenvalue weighted by Crippen LogP contribution is 2.39. The van der Waals surface area contributed by atoms with Gasteiger partial charge in [0.1, 0.15) is 5.75 Å². The lowest BCUT2D eigenvalue weighted by atomic mass is 9.99. The fraction of sp³-hybridized carbons (Fsp3) is 0.258. The summed E-state index contributed by atoms with van der Waals surface area (Å²) in [6.07, 6.45) is 11.7. The average molecular weight is 436 g/mol. The summed E-state index contributed by atoms with van der Waals surface area (Å²) in [5.41, 5.74) is 5.24. The molecule has 4 rings (SSSR count). The largest absolute Gasteiger partial charge is 0.492 e. The van der Waals surface area contributed by atoms with Crippen molar-refractivity contribution in [2.45, 2.75) is 45.4 Å². The Balaban J connectivity index is 1.71. The molecule has 0 saturated heterocycles. The highest BCUT2D eigenvalue weighted by molar-refractivity contribution is 5.96. The molecular formula is C31H33NO. The van der Waals surface area contributed by atoms with Gasteiger partial charge >= 0.3 is 0 Å². The number of para-hydroxylation sites is 1. The number of rotatable bonds is 11. The second-order valence-corrected chi connectivity index (χ2v) is 8.44. The maximum Gasteiger partial charge on any atom is 0.138 e. The van der Waals surface area contributed by atoms with Gasteiger partial charge in [-0.2, -0.15) is 0 Å². The molecule has 168 valence electrons. The van der Waals surface area contributed by atoms with Crippen molar-refractivity contribution in [2.24, 2.45) is 0 Å². The highest BCUT2D eigenvalue weighted by Gasteiger charge is 2.17. The van der Waals surface area contributed by atoms with E-state index in [1.165, 1.54) is 32.1 Å². The van der Waals surface area contributed by atoms with Crippen LogP contribution in [-0.2, 0) is 0 Å². The Labute approximate surface area is 198 Å². The molecule has 0 saturated carbocycles. The quantitative estimate of drug-likeness (QED) is 0.220. The van der Waals surface area contributed by atoms with Gasteiger partial charge in [-0.05, 0) is 35.8 Å². The van der Waals surface area contributed by atoms with E-state index in [1.807, 2.05) is 18.2 Å². The van der Waals surface area contributed by atoms with E-state index in [0.717, 1.165) is 52.1 Å². The zero-order chi connectivity index (χ0) is 22.7. The first-order valence-corrected chi connectivity index (χ1v) is 12.2. The van der Waals surface area contributed by atoms with Crippen LogP contribution in [0, 0.1) is 0 Å². The topological polar surface area (TPSA) is 22.1 Å². The van der Waals surface area contributed by atoms with E-state index in [0.29, 0.717) is 0 Å². The van der Waals surface area contributed by atoms with Gasteiger partial charge in [0.05, 0.1) is 23.4 Å². The van der Waals surface area contributed by atoms with Crippen LogP contribution in [0.4, 0.5) is 0 Å². The maximum absolute atomic E-state index is 6.53. The van der Waals surface area contributed by atoms with Crippen molar-refractivity contribution in [2.75, 3.05) is 6.61 Å². The van der Waals surface area contributed by atoms with Crippen LogP contribution in [0.25, 0.3) is 34.2 Å². The van der Waals surface area contributed by atoms with Crippen molar-refractivity contribution in [3.8, 4) is 16.9 Å². The molecule has 4 aromatic rings. The molecule has 0 unspecified atom stereocenters. The van der Waals surface area contributed by atoms with Crippen molar-refractivity contribution in [1.29, 1.82) is 0 Å². The summed E-state index contributed by atoms with van der Waals surface area (Å²) in [5, 5.41) is 1.07. The lowest BCUT2D eigenvalue weighted by molar-refractivity contribution is 0.308. The second kappa shape index (κ2) is 12.0. The van der Waals surface area contributed by atoms with Crippen LogP contribution in [0.3, 0.4) is 0 Å². The summed E-state index contributed by atoms with van der Waals surface area (Å²) in [6.45, 7) is 2.98. The molecule has 1 aromatic heterocycles. The highest BCUT2D eigenvalue weighted by atomic mass is 16.5. The van der Waals surface area contributed by atoms with E-state index >= 15 is 0 Å². The molecule has 0 aliphatic rings. The van der Waals surface area contributed by atoms with Crippen molar-refractivity contribution in [3.05, 3.63) is 96.2 Å². The lowest BCUT2D eigenvalue weighted by Crippen LogP contribution is -2.02. The minimum absolute atomic E-state index is 0.724. The van der Waals surface area contributed by atoms with Crippen molar-refractivity contribution >= 4 is 23.1 Å². The van der Waals surface area contributed by atoms with Crippen molar-refractivity contribution < 1.29 is 4.74 Å². The molecule has 2 nitrogen and oxygen atoms in total. The number of benzene rings is 3. The number of hydrogen-bond acceptors (Lipinski definition) is 2. The standard InChI is InChI=1S/C31H33NO/c1-2-3-4-5-6-15-24-33-31-27-20-13-14-21-28(27)32-29(23-22-25-16-9-7-10-17-25)30(31)26-18-11-8-12-19-26/h7-14,16-23H,2-6,15,24H2,1H3. The molecule has 0 amide bonds. The van der Waals surface area contributed by atoms with Gasteiger partial charge in [0.25, 0.3) is 0 Å². The molecule has 0 fully saturated rings. The molecule has 2 heteroatoms. The van der Waals surface area contributed by atoms with Crippen LogP contribution in [0.1, 0.15) is 56.7 Å². The summed E-state index contributed by atoms with van der Waals surface area (Å²) in [5.74, 6) is 0.938. The minimum Gasteiger partial charge on any atom is -0.492 e. The Hall–Kier alpha value is -3.39. The predicted octanol–water partition coefficient (Wildman–Crippen LogP) is 8.81. The zero-order valence-corrected chi connectivity index (χ0v) is 19.5. The van der Waals surface area contributed by atoms with Crippen LogP contribution in [0.2, 0.25) is 0 Å². The number of nitrogens with zero attached hydrogens (tertiary/aromatic N) is 1. The first-order chi connectivity index (χ1) is 16.4. The van der Waals surface area contributed by atoms with E-state index in [4.69, 9.17) is 9.72 Å². The zero-order valence-electron chi connectivity index (χ0n) is 19.5. The van der Waals surface area contributed by atoms with E-state index in [9.17, 15) is 0 Å². The fourth-order valence-corrected chi connectivity index (χ4v) is 4.15. The number of ether oxygens (including phenoxy) is 1. The van der Waals surface area contributed by atoms with Crippen molar-refractivity contribution in [3.63, 3.8) is 0 Å². The Morgan fingerprint density at radius 1 is 0.697 bits per heavy atom. The molecule has 0 aliphatic heterocycles. The maximum atomic E-state index is 6.53. The molecule has 0 radical (unpaired) electrons. The van der Waals surface area contributed by atoms with Crippen LogP contribution in [0.15, 0.2) is 84.9 Å². The van der Waals surface area contributed by atoms with E-state index in [-0.39, 0.29) is 0 Å². The van der Waals surface area contributed by atoms with E-state index in [2.05, 4.69) is 85.8 Å². The van der Waals surface area contributed by atoms with E-state index in [1.54, 1.807) is 0 Å². The number of aromatic nitrogens is 1. The summed E-state index contributed by atoms with van der Waals surface area (Å²) in [4.78, 5) is 5.04. The molecule has 0 spiro atoms. The number of unbranched alkanes of at least 4 members (excludes halogenated alkanes) is 5.